The molecule has 0 amide bonds. The summed E-state index contributed by atoms with van der Waals surface area (Å²) in [6, 6.07) is 15.3. The fourth-order valence-electron chi connectivity index (χ4n) is 2.99. The highest BCUT2D eigenvalue weighted by atomic mass is 32.2. The maximum Gasteiger partial charge on any atom is 0.264 e. The smallest absolute Gasteiger partial charge is 0.264 e. The lowest BCUT2D eigenvalue weighted by molar-refractivity contribution is 0.518. The number of hydrogen-bond acceptors (Lipinski definition) is 7. The molecular weight excluding hydrogens is 406 g/mol. The van der Waals surface area contributed by atoms with E-state index >= 15 is 0 Å². The van der Waals surface area contributed by atoms with Gasteiger partial charge in [0.25, 0.3) is 5.56 Å². The number of furan rings is 1. The third kappa shape index (κ3) is 3.57. The summed E-state index contributed by atoms with van der Waals surface area (Å²) in [5.74, 6) is 1.47. The lowest BCUT2D eigenvalue weighted by Crippen LogP contribution is -2.13. The molecule has 0 unspecified atom stereocenters. The molecule has 7 nitrogen and oxygen atoms in total. The summed E-state index contributed by atoms with van der Waals surface area (Å²) in [6.45, 7) is 0.461. The van der Waals surface area contributed by atoms with Crippen molar-refractivity contribution in [3.05, 3.63) is 76.3 Å². The molecule has 0 saturated heterocycles. The van der Waals surface area contributed by atoms with Crippen molar-refractivity contribution in [1.82, 2.24) is 20.2 Å². The maximum absolute atomic E-state index is 12.9. The normalized spacial score (nSPS) is 11.2. The first-order chi connectivity index (χ1) is 14.3. The van der Waals surface area contributed by atoms with Crippen molar-refractivity contribution in [3.8, 4) is 10.7 Å². The van der Waals surface area contributed by atoms with Gasteiger partial charge in [-0.3, -0.25) is 9.89 Å². The maximum atomic E-state index is 12.9. The van der Waals surface area contributed by atoms with Gasteiger partial charge in [0, 0.05) is 5.39 Å². The molecule has 4 aromatic heterocycles. The summed E-state index contributed by atoms with van der Waals surface area (Å²) < 4.78 is 5.42. The highest BCUT2D eigenvalue weighted by Gasteiger charge is 2.17. The first kappa shape index (κ1) is 17.8. The van der Waals surface area contributed by atoms with Crippen LogP contribution in [-0.4, -0.2) is 20.2 Å². The van der Waals surface area contributed by atoms with Crippen molar-refractivity contribution >= 4 is 39.7 Å². The first-order valence-corrected chi connectivity index (χ1v) is 10.5. The standard InChI is InChI=1S/C20H15N5O2S2/c26-19-17(29-20-23-18(24-25-20)15-8-4-10-28-15)16(21-11-12-5-3-9-27-12)13-6-1-2-7-14(13)22-19/h1-10H,11H2,(H2,21,22,26)(H,23,24,25). The van der Waals surface area contributed by atoms with Crippen molar-refractivity contribution in [2.24, 2.45) is 0 Å². The van der Waals surface area contributed by atoms with Gasteiger partial charge in [-0.05, 0) is 41.4 Å². The van der Waals surface area contributed by atoms with Crippen molar-refractivity contribution < 1.29 is 4.42 Å². The van der Waals surface area contributed by atoms with Crippen LogP contribution in [-0.2, 0) is 6.54 Å². The van der Waals surface area contributed by atoms with Crippen LogP contribution in [0.4, 0.5) is 5.69 Å². The van der Waals surface area contributed by atoms with Crippen molar-refractivity contribution in [2.45, 2.75) is 16.6 Å². The fourth-order valence-corrected chi connectivity index (χ4v) is 4.50. The average molecular weight is 422 g/mol. The summed E-state index contributed by atoms with van der Waals surface area (Å²) in [5.41, 5.74) is 1.30. The van der Waals surface area contributed by atoms with E-state index in [1.54, 1.807) is 17.6 Å². The van der Waals surface area contributed by atoms with Gasteiger partial charge >= 0.3 is 0 Å². The Bertz CT molecular complexity index is 1310. The monoisotopic (exact) mass is 421 g/mol. The quantitative estimate of drug-likeness (QED) is 0.366. The SMILES string of the molecule is O=c1[nH]c2ccccc2c(NCc2ccco2)c1Sc1n[nH]c(-c2cccs2)n1. The van der Waals surface area contributed by atoms with Crippen LogP contribution >= 0.6 is 23.1 Å². The molecule has 5 aromatic rings. The number of nitrogens with zero attached hydrogens (tertiary/aromatic N) is 2. The number of anilines is 1. The Kier molecular flexibility index (Phi) is 4.66. The second-order valence-electron chi connectivity index (χ2n) is 6.18. The molecule has 0 fully saturated rings. The summed E-state index contributed by atoms with van der Waals surface area (Å²) in [6.07, 6.45) is 1.63. The van der Waals surface area contributed by atoms with Gasteiger partial charge in [0.2, 0.25) is 5.16 Å². The third-order valence-corrected chi connectivity index (χ3v) is 6.15. The number of H-pyrrole nitrogens is 2. The van der Waals surface area contributed by atoms with E-state index in [4.69, 9.17) is 4.42 Å². The van der Waals surface area contributed by atoms with Gasteiger partial charge in [0.15, 0.2) is 5.82 Å². The minimum Gasteiger partial charge on any atom is -0.467 e. The Balaban J connectivity index is 1.54. The Morgan fingerprint density at radius 3 is 2.90 bits per heavy atom. The molecule has 144 valence electrons. The molecule has 0 spiro atoms. The summed E-state index contributed by atoms with van der Waals surface area (Å²) in [5, 5.41) is 13.9. The molecule has 0 saturated carbocycles. The molecule has 0 aliphatic rings. The second kappa shape index (κ2) is 7.61. The van der Waals surface area contributed by atoms with Gasteiger partial charge in [0.1, 0.15) is 10.7 Å². The molecule has 0 radical (unpaired) electrons. The molecule has 3 N–H and O–H groups in total. The van der Waals surface area contributed by atoms with Crippen molar-refractivity contribution in [3.63, 3.8) is 0 Å². The molecule has 4 heterocycles. The highest BCUT2D eigenvalue weighted by Crippen LogP contribution is 2.34. The Labute approximate surface area is 173 Å². The number of hydrogen-bond donors (Lipinski definition) is 3. The Morgan fingerprint density at radius 2 is 2.07 bits per heavy atom. The molecule has 29 heavy (non-hydrogen) atoms. The van der Waals surface area contributed by atoms with Crippen LogP contribution in [0, 0.1) is 0 Å². The molecule has 0 atom stereocenters. The van der Waals surface area contributed by atoms with Gasteiger partial charge in [-0.1, -0.05) is 24.3 Å². The average Bonchev–Trinajstić information content (AvgIpc) is 3.50. The van der Waals surface area contributed by atoms with Gasteiger partial charge in [-0.2, -0.15) is 0 Å². The highest BCUT2D eigenvalue weighted by molar-refractivity contribution is 7.99. The number of fused-ring (bicyclic) bond motifs is 1. The van der Waals surface area contributed by atoms with Crippen LogP contribution in [0.5, 0.6) is 0 Å². The predicted molar refractivity (Wildman–Crippen MR) is 114 cm³/mol. The third-order valence-electron chi connectivity index (χ3n) is 4.31. The fraction of sp³-hybridized carbons (Fsp3) is 0.0500. The number of pyridine rings is 1. The summed E-state index contributed by atoms with van der Waals surface area (Å²) in [4.78, 5) is 21.8. The van der Waals surface area contributed by atoms with Crippen LogP contribution in [0.2, 0.25) is 0 Å². The van der Waals surface area contributed by atoms with Crippen LogP contribution in [0.3, 0.4) is 0 Å². The molecule has 1 aromatic carbocycles. The zero-order valence-corrected chi connectivity index (χ0v) is 16.6. The van der Waals surface area contributed by atoms with Crippen LogP contribution in [0.15, 0.2) is 79.4 Å². The number of benzene rings is 1. The van der Waals surface area contributed by atoms with Crippen LogP contribution < -0.4 is 10.9 Å². The van der Waals surface area contributed by atoms with Gasteiger partial charge in [0.05, 0.1) is 28.9 Å². The van der Waals surface area contributed by atoms with Gasteiger partial charge in [-0.25, -0.2) is 4.98 Å². The molecule has 0 aliphatic carbocycles. The molecular formula is C20H15N5O2S2. The minimum atomic E-state index is -0.196. The number of thiophene rings is 1. The summed E-state index contributed by atoms with van der Waals surface area (Å²) in [7, 11) is 0. The summed E-state index contributed by atoms with van der Waals surface area (Å²) >= 11 is 2.80. The van der Waals surface area contributed by atoms with E-state index in [1.165, 1.54) is 11.8 Å². The number of rotatable bonds is 6. The Hall–Kier alpha value is -3.30. The van der Waals surface area contributed by atoms with E-state index < -0.39 is 0 Å². The number of aromatic amines is 2. The topological polar surface area (TPSA) is 99.6 Å². The number of nitrogens with one attached hydrogen (secondary N) is 3. The Morgan fingerprint density at radius 1 is 1.14 bits per heavy atom. The minimum absolute atomic E-state index is 0.196. The predicted octanol–water partition coefficient (Wildman–Crippen LogP) is 4.73. The van der Waals surface area contributed by atoms with Crippen LogP contribution in [0.1, 0.15) is 5.76 Å². The number of aromatic nitrogens is 4. The van der Waals surface area contributed by atoms with E-state index in [-0.39, 0.29) is 5.56 Å². The molecule has 0 bridgehead atoms. The van der Waals surface area contributed by atoms with E-state index in [9.17, 15) is 4.79 Å². The van der Waals surface area contributed by atoms with Crippen molar-refractivity contribution in [2.75, 3.05) is 5.32 Å². The zero-order chi connectivity index (χ0) is 19.6. The van der Waals surface area contributed by atoms with Gasteiger partial charge < -0.3 is 14.7 Å². The molecule has 5 rings (SSSR count). The van der Waals surface area contributed by atoms with E-state index in [1.807, 2.05) is 53.9 Å². The second-order valence-corrected chi connectivity index (χ2v) is 8.11. The van der Waals surface area contributed by atoms with E-state index in [0.717, 1.165) is 27.2 Å². The van der Waals surface area contributed by atoms with Crippen molar-refractivity contribution in [1.29, 1.82) is 0 Å². The van der Waals surface area contributed by atoms with E-state index in [2.05, 4.69) is 25.5 Å². The lowest BCUT2D eigenvalue weighted by atomic mass is 10.2. The lowest BCUT2D eigenvalue weighted by Gasteiger charge is -2.12. The molecule has 0 aliphatic heterocycles. The van der Waals surface area contributed by atoms with Gasteiger partial charge in [-0.15, -0.1) is 16.4 Å². The van der Waals surface area contributed by atoms with Crippen LogP contribution in [0.25, 0.3) is 21.6 Å². The first-order valence-electron chi connectivity index (χ1n) is 8.83. The number of para-hydroxylation sites is 1. The largest absolute Gasteiger partial charge is 0.467 e. The zero-order valence-electron chi connectivity index (χ0n) is 15.0. The molecule has 9 heteroatoms. The van der Waals surface area contributed by atoms with E-state index in [0.29, 0.717) is 22.4 Å².